The van der Waals surface area contributed by atoms with Crippen LogP contribution in [-0.4, -0.2) is 30.9 Å². The second-order valence-electron chi connectivity index (χ2n) is 5.62. The highest BCUT2D eigenvalue weighted by molar-refractivity contribution is 9.10. The van der Waals surface area contributed by atoms with Crippen LogP contribution in [0.5, 0.6) is 0 Å². The zero-order valence-corrected chi connectivity index (χ0v) is 14.3. The van der Waals surface area contributed by atoms with Gasteiger partial charge in [-0.3, -0.25) is 9.59 Å². The van der Waals surface area contributed by atoms with Gasteiger partial charge in [-0.2, -0.15) is 0 Å². The van der Waals surface area contributed by atoms with Crippen LogP contribution in [-0.2, 0) is 9.59 Å². The largest absolute Gasteiger partial charge is 0.352 e. The second-order valence-corrected chi connectivity index (χ2v) is 6.54. The number of carbonyl (C=O) groups excluding carboxylic acids is 2. The summed E-state index contributed by atoms with van der Waals surface area (Å²) in [5, 5.41) is 9.17. The number of hydrogen-bond donors (Lipinski definition) is 3. The topological polar surface area (TPSA) is 70.2 Å². The van der Waals surface area contributed by atoms with Crippen molar-refractivity contribution in [3.63, 3.8) is 0 Å². The van der Waals surface area contributed by atoms with Crippen LogP contribution < -0.4 is 16.0 Å². The van der Waals surface area contributed by atoms with E-state index in [9.17, 15) is 9.59 Å². The average Bonchev–Trinajstić information content (AvgIpc) is 2.48. The van der Waals surface area contributed by atoms with Crippen LogP contribution in [0.2, 0.25) is 0 Å². The molecule has 0 saturated carbocycles. The van der Waals surface area contributed by atoms with Gasteiger partial charge in [0.1, 0.15) is 0 Å². The minimum absolute atomic E-state index is 0.0321. The molecule has 0 bridgehead atoms. The van der Waals surface area contributed by atoms with Gasteiger partial charge < -0.3 is 16.0 Å². The van der Waals surface area contributed by atoms with E-state index in [1.807, 2.05) is 24.3 Å². The van der Waals surface area contributed by atoms with Crippen LogP contribution in [0.25, 0.3) is 0 Å². The molecule has 6 heteroatoms. The maximum Gasteiger partial charge on any atom is 0.222 e. The first-order valence-corrected chi connectivity index (χ1v) is 8.36. The summed E-state index contributed by atoms with van der Waals surface area (Å²) in [6.45, 7) is 3.30. The monoisotopic (exact) mass is 367 g/mol. The molecule has 2 atom stereocenters. The molecule has 22 heavy (non-hydrogen) atoms. The molecule has 1 aromatic rings. The predicted octanol–water partition coefficient (Wildman–Crippen LogP) is 1.88. The van der Waals surface area contributed by atoms with Gasteiger partial charge in [-0.25, -0.2) is 0 Å². The number of amides is 2. The molecule has 1 saturated heterocycles. The third-order valence-corrected chi connectivity index (χ3v) is 4.23. The van der Waals surface area contributed by atoms with Crippen molar-refractivity contribution in [3.8, 4) is 0 Å². The first-order chi connectivity index (χ1) is 10.5. The molecule has 120 valence electrons. The summed E-state index contributed by atoms with van der Waals surface area (Å²) in [5.41, 5.74) is 0.926. The van der Waals surface area contributed by atoms with Crippen LogP contribution in [0.15, 0.2) is 28.7 Å². The van der Waals surface area contributed by atoms with Gasteiger partial charge in [0, 0.05) is 24.0 Å². The van der Waals surface area contributed by atoms with Gasteiger partial charge >= 0.3 is 0 Å². The Kier molecular flexibility index (Phi) is 6.39. The van der Waals surface area contributed by atoms with E-state index >= 15 is 0 Å². The SMILES string of the molecule is CC(=O)NC(CC(=O)N[C@H]1CCCNC1)c1ccc(Br)cc1. The standard InChI is InChI=1S/C16H22BrN3O2/c1-11(21)19-15(12-4-6-13(17)7-5-12)9-16(22)20-14-3-2-8-18-10-14/h4-7,14-15,18H,2-3,8-10H2,1H3,(H,19,21)(H,20,22)/t14-,15?/m0/s1. The summed E-state index contributed by atoms with van der Waals surface area (Å²) in [7, 11) is 0. The van der Waals surface area contributed by atoms with Crippen molar-refractivity contribution in [1.29, 1.82) is 0 Å². The van der Waals surface area contributed by atoms with Gasteiger partial charge in [0.2, 0.25) is 11.8 Å². The maximum absolute atomic E-state index is 12.2. The number of benzene rings is 1. The lowest BCUT2D eigenvalue weighted by Crippen LogP contribution is -2.46. The molecule has 0 radical (unpaired) electrons. The van der Waals surface area contributed by atoms with Gasteiger partial charge in [-0.05, 0) is 37.1 Å². The quantitative estimate of drug-likeness (QED) is 0.743. The van der Waals surface area contributed by atoms with Crippen molar-refractivity contribution < 1.29 is 9.59 Å². The Morgan fingerprint density at radius 3 is 2.68 bits per heavy atom. The average molecular weight is 368 g/mol. The summed E-state index contributed by atoms with van der Waals surface area (Å²) < 4.78 is 0.968. The summed E-state index contributed by atoms with van der Waals surface area (Å²) in [4.78, 5) is 23.6. The molecular formula is C16H22BrN3O2. The Morgan fingerprint density at radius 1 is 1.36 bits per heavy atom. The highest BCUT2D eigenvalue weighted by Gasteiger charge is 2.20. The van der Waals surface area contributed by atoms with Gasteiger partial charge in [0.25, 0.3) is 0 Å². The molecule has 0 aliphatic carbocycles. The van der Waals surface area contributed by atoms with Crippen molar-refractivity contribution in [3.05, 3.63) is 34.3 Å². The Bertz CT molecular complexity index is 513. The van der Waals surface area contributed by atoms with Crippen LogP contribution in [0, 0.1) is 0 Å². The van der Waals surface area contributed by atoms with E-state index < -0.39 is 0 Å². The van der Waals surface area contributed by atoms with Gasteiger partial charge in [-0.1, -0.05) is 28.1 Å². The van der Waals surface area contributed by atoms with Gasteiger partial charge in [-0.15, -0.1) is 0 Å². The first kappa shape index (κ1) is 17.0. The smallest absolute Gasteiger partial charge is 0.222 e. The second kappa shape index (κ2) is 8.29. The number of nitrogens with one attached hydrogen (secondary N) is 3. The van der Waals surface area contributed by atoms with E-state index in [2.05, 4.69) is 31.9 Å². The summed E-state index contributed by atoms with van der Waals surface area (Å²) in [5.74, 6) is -0.171. The lowest BCUT2D eigenvalue weighted by molar-refractivity contribution is -0.123. The Balaban J connectivity index is 1.97. The van der Waals surface area contributed by atoms with E-state index in [4.69, 9.17) is 0 Å². The number of carbonyl (C=O) groups is 2. The van der Waals surface area contributed by atoms with Crippen molar-refractivity contribution in [2.24, 2.45) is 0 Å². The van der Waals surface area contributed by atoms with E-state index in [0.29, 0.717) is 0 Å². The van der Waals surface area contributed by atoms with E-state index in [0.717, 1.165) is 36.0 Å². The van der Waals surface area contributed by atoms with Crippen molar-refractivity contribution in [1.82, 2.24) is 16.0 Å². The first-order valence-electron chi connectivity index (χ1n) is 7.57. The molecule has 3 N–H and O–H groups in total. The third-order valence-electron chi connectivity index (χ3n) is 3.70. The summed E-state index contributed by atoms with van der Waals surface area (Å²) >= 11 is 3.39. The zero-order chi connectivity index (χ0) is 15.9. The molecule has 2 amide bonds. The minimum Gasteiger partial charge on any atom is -0.352 e. The molecule has 1 heterocycles. The number of rotatable bonds is 5. The van der Waals surface area contributed by atoms with Crippen LogP contribution in [0.3, 0.4) is 0 Å². The number of hydrogen-bond acceptors (Lipinski definition) is 3. The molecule has 1 aliphatic rings. The van der Waals surface area contributed by atoms with Gasteiger partial charge in [0.15, 0.2) is 0 Å². The van der Waals surface area contributed by atoms with Crippen molar-refractivity contribution in [2.45, 2.75) is 38.3 Å². The van der Waals surface area contributed by atoms with E-state index in [1.54, 1.807) is 0 Å². The summed E-state index contributed by atoms with van der Waals surface area (Å²) in [6, 6.07) is 7.53. The molecular weight excluding hydrogens is 346 g/mol. The number of piperidine rings is 1. The molecule has 1 aliphatic heterocycles. The normalized spacial score (nSPS) is 19.3. The fourth-order valence-corrected chi connectivity index (χ4v) is 2.90. The molecule has 1 aromatic carbocycles. The molecule has 5 nitrogen and oxygen atoms in total. The molecule has 0 spiro atoms. The summed E-state index contributed by atoms with van der Waals surface area (Å²) in [6.07, 6.45) is 2.33. The predicted molar refractivity (Wildman–Crippen MR) is 89.4 cm³/mol. The van der Waals surface area contributed by atoms with Crippen molar-refractivity contribution in [2.75, 3.05) is 13.1 Å². The Morgan fingerprint density at radius 2 is 2.09 bits per heavy atom. The van der Waals surface area contributed by atoms with Crippen LogP contribution in [0.4, 0.5) is 0 Å². The Labute approximate surface area is 139 Å². The van der Waals surface area contributed by atoms with Gasteiger partial charge in [0.05, 0.1) is 12.5 Å². The third kappa shape index (κ3) is 5.42. The number of halogens is 1. The van der Waals surface area contributed by atoms with Crippen LogP contribution in [0.1, 0.15) is 37.8 Å². The van der Waals surface area contributed by atoms with Crippen LogP contribution >= 0.6 is 15.9 Å². The molecule has 1 fully saturated rings. The highest BCUT2D eigenvalue weighted by atomic mass is 79.9. The fraction of sp³-hybridized carbons (Fsp3) is 0.500. The molecule has 0 aromatic heterocycles. The molecule has 2 rings (SSSR count). The molecule has 1 unspecified atom stereocenters. The van der Waals surface area contributed by atoms with E-state index in [-0.39, 0.29) is 30.3 Å². The fourth-order valence-electron chi connectivity index (χ4n) is 2.64. The van der Waals surface area contributed by atoms with Crippen molar-refractivity contribution >= 4 is 27.7 Å². The Hall–Kier alpha value is -1.40. The lowest BCUT2D eigenvalue weighted by atomic mass is 10.0. The zero-order valence-electron chi connectivity index (χ0n) is 12.7. The highest BCUT2D eigenvalue weighted by Crippen LogP contribution is 2.20. The lowest BCUT2D eigenvalue weighted by Gasteiger charge is -2.25. The maximum atomic E-state index is 12.2. The minimum atomic E-state index is -0.304. The van der Waals surface area contributed by atoms with E-state index in [1.165, 1.54) is 6.92 Å².